The highest BCUT2D eigenvalue weighted by Crippen LogP contribution is 2.39. The van der Waals surface area contributed by atoms with Gasteiger partial charge < -0.3 is 9.47 Å². The molecule has 0 bridgehead atoms. The third kappa shape index (κ3) is 6.49. The first-order chi connectivity index (χ1) is 28.2. The van der Waals surface area contributed by atoms with Crippen LogP contribution >= 0.6 is 0 Å². The quantitative estimate of drug-likeness (QED) is 0.171. The summed E-state index contributed by atoms with van der Waals surface area (Å²) >= 11 is 0. The van der Waals surface area contributed by atoms with Crippen LogP contribution in [-0.2, 0) is 12.8 Å². The zero-order valence-corrected chi connectivity index (χ0v) is 31.5. The van der Waals surface area contributed by atoms with E-state index >= 15 is 0 Å². The van der Waals surface area contributed by atoms with Crippen LogP contribution in [0.1, 0.15) is 28.8 Å². The molecule has 0 N–H and O–H groups in total. The molecule has 57 heavy (non-hydrogen) atoms. The Morgan fingerprint density at radius 1 is 0.526 bits per heavy atom. The molecule has 0 radical (unpaired) electrons. The van der Waals surface area contributed by atoms with Crippen molar-refractivity contribution in [3.05, 3.63) is 217 Å². The van der Waals surface area contributed by atoms with Crippen molar-refractivity contribution in [2.24, 2.45) is 0 Å². The van der Waals surface area contributed by atoms with E-state index in [9.17, 15) is 0 Å². The number of nitrogens with zero attached hydrogens (tertiary/aromatic N) is 5. The third-order valence-corrected chi connectivity index (χ3v) is 10.9. The molecule has 0 saturated heterocycles. The van der Waals surface area contributed by atoms with Crippen LogP contribution in [0, 0.1) is 0 Å². The lowest BCUT2D eigenvalue weighted by molar-refractivity contribution is 0.888. The standard InChI is InChI=1S/C52H39N5/c1-36-25-26-37(42-31-34-49-46(35-42)45-22-12-14-24-48(45)57(49)43-20-9-4-10-21-43)27-28-38-15-11-13-23-47(38)56(36)44-32-29-41(30-33-44)52-54-50(39-16-5-2-6-17-39)53-51(55-52)40-18-7-3-8-19-40/h2-13,15-23,25-27,29-35H,1,14,24,28H2/b26-25-,37-27+. The van der Waals surface area contributed by atoms with Gasteiger partial charge >= 0.3 is 0 Å². The summed E-state index contributed by atoms with van der Waals surface area (Å²) in [6.45, 7) is 4.62. The Hall–Kier alpha value is -7.37. The van der Waals surface area contributed by atoms with Crippen LogP contribution in [0.2, 0.25) is 0 Å². The van der Waals surface area contributed by atoms with Crippen molar-refractivity contribution in [2.75, 3.05) is 4.90 Å². The summed E-state index contributed by atoms with van der Waals surface area (Å²) in [5.74, 6) is 1.91. The normalized spacial score (nSPS) is 15.2. The molecule has 0 unspecified atom stereocenters. The molecule has 0 amide bonds. The summed E-state index contributed by atoms with van der Waals surface area (Å²) in [5.41, 5.74) is 14.5. The second-order valence-corrected chi connectivity index (χ2v) is 14.4. The summed E-state index contributed by atoms with van der Waals surface area (Å²) in [6, 6.07) is 54.9. The van der Waals surface area contributed by atoms with Gasteiger partial charge in [0.25, 0.3) is 0 Å². The van der Waals surface area contributed by atoms with Gasteiger partial charge in [-0.1, -0.05) is 134 Å². The lowest BCUT2D eigenvalue weighted by atomic mass is 9.97. The first-order valence-electron chi connectivity index (χ1n) is 19.5. The Bertz CT molecular complexity index is 2810. The highest BCUT2D eigenvalue weighted by Gasteiger charge is 2.21. The van der Waals surface area contributed by atoms with E-state index in [1.807, 2.05) is 60.7 Å². The average Bonchev–Trinajstić information content (AvgIpc) is 3.64. The van der Waals surface area contributed by atoms with E-state index in [-0.39, 0.29) is 0 Å². The van der Waals surface area contributed by atoms with Crippen molar-refractivity contribution in [1.82, 2.24) is 19.5 Å². The number of fused-ring (bicyclic) bond motifs is 4. The number of rotatable bonds is 6. The molecule has 2 aromatic heterocycles. The van der Waals surface area contributed by atoms with Crippen LogP contribution in [0.15, 0.2) is 194 Å². The maximum Gasteiger partial charge on any atom is 0.164 e. The summed E-state index contributed by atoms with van der Waals surface area (Å²) in [4.78, 5) is 17.0. The van der Waals surface area contributed by atoms with Gasteiger partial charge in [-0.15, -0.1) is 0 Å². The van der Waals surface area contributed by atoms with Crippen LogP contribution in [-0.4, -0.2) is 19.5 Å². The molecular weight excluding hydrogens is 695 g/mol. The SMILES string of the molecule is C=C1/C=C\C(c2ccc3c(c2)c2c(n3-c3ccccc3)CCC=C2)=C/Cc2ccccc2N1c1ccc(-c2nc(-c3ccccc3)nc(-c3ccccc3)n2)cc1. The Morgan fingerprint density at radius 3 is 1.81 bits per heavy atom. The zero-order valence-electron chi connectivity index (χ0n) is 31.5. The lowest BCUT2D eigenvalue weighted by Crippen LogP contribution is -2.15. The Balaban J connectivity index is 1.01. The maximum absolute atomic E-state index is 4.95. The number of para-hydroxylation sites is 2. The van der Waals surface area contributed by atoms with Gasteiger partial charge in [0.05, 0.1) is 5.52 Å². The van der Waals surface area contributed by atoms with Crippen LogP contribution in [0.3, 0.4) is 0 Å². The van der Waals surface area contributed by atoms with Gasteiger partial charge in [-0.25, -0.2) is 15.0 Å². The minimum atomic E-state index is 0.625. The van der Waals surface area contributed by atoms with E-state index in [4.69, 9.17) is 15.0 Å². The number of allylic oxidation sites excluding steroid dienone is 5. The summed E-state index contributed by atoms with van der Waals surface area (Å²) in [6.07, 6.45) is 14.2. The van der Waals surface area contributed by atoms with Crippen LogP contribution in [0.5, 0.6) is 0 Å². The minimum absolute atomic E-state index is 0.625. The van der Waals surface area contributed by atoms with Crippen LogP contribution < -0.4 is 4.90 Å². The first-order valence-corrected chi connectivity index (χ1v) is 19.5. The molecule has 0 fully saturated rings. The van der Waals surface area contributed by atoms with Crippen LogP contribution in [0.25, 0.3) is 62.4 Å². The van der Waals surface area contributed by atoms with Crippen molar-refractivity contribution in [1.29, 1.82) is 0 Å². The molecule has 10 rings (SSSR count). The van der Waals surface area contributed by atoms with Crippen molar-refractivity contribution >= 4 is 33.9 Å². The number of aromatic nitrogens is 4. The molecule has 0 atom stereocenters. The first kappa shape index (κ1) is 34.1. The number of hydrogen-bond acceptors (Lipinski definition) is 4. The second kappa shape index (κ2) is 14.7. The van der Waals surface area contributed by atoms with Gasteiger partial charge in [-0.05, 0) is 96.6 Å². The Labute approximate surface area is 333 Å². The predicted octanol–water partition coefficient (Wildman–Crippen LogP) is 12.6. The van der Waals surface area contributed by atoms with Crippen molar-refractivity contribution < 1.29 is 0 Å². The molecule has 8 aromatic rings. The molecule has 5 nitrogen and oxygen atoms in total. The van der Waals surface area contributed by atoms with E-state index in [1.54, 1.807) is 0 Å². The monoisotopic (exact) mass is 733 g/mol. The number of anilines is 2. The van der Waals surface area contributed by atoms with Gasteiger partial charge in [-0.2, -0.15) is 0 Å². The smallest absolute Gasteiger partial charge is 0.164 e. The van der Waals surface area contributed by atoms with Gasteiger partial charge in [0.2, 0.25) is 0 Å². The second-order valence-electron chi connectivity index (χ2n) is 14.4. The Morgan fingerprint density at radius 2 is 1.12 bits per heavy atom. The highest BCUT2D eigenvalue weighted by molar-refractivity contribution is 5.96. The van der Waals surface area contributed by atoms with Crippen molar-refractivity contribution in [2.45, 2.75) is 19.3 Å². The summed E-state index contributed by atoms with van der Waals surface area (Å²) in [5, 5.41) is 1.28. The fraction of sp³-hybridized carbons (Fsp3) is 0.0577. The average molecular weight is 734 g/mol. The number of hydrogen-bond donors (Lipinski definition) is 0. The zero-order chi connectivity index (χ0) is 38.1. The van der Waals surface area contributed by atoms with Gasteiger partial charge in [-0.3, -0.25) is 0 Å². The van der Waals surface area contributed by atoms with Gasteiger partial charge in [0, 0.05) is 56.1 Å². The van der Waals surface area contributed by atoms with E-state index in [0.717, 1.165) is 53.0 Å². The highest BCUT2D eigenvalue weighted by atomic mass is 15.1. The van der Waals surface area contributed by atoms with E-state index < -0.39 is 0 Å². The predicted molar refractivity (Wildman–Crippen MR) is 235 cm³/mol. The molecule has 1 aliphatic carbocycles. The molecule has 5 heteroatoms. The molecule has 2 aliphatic rings. The van der Waals surface area contributed by atoms with Crippen LogP contribution in [0.4, 0.5) is 11.4 Å². The van der Waals surface area contributed by atoms with Crippen molar-refractivity contribution in [3.63, 3.8) is 0 Å². The summed E-state index contributed by atoms with van der Waals surface area (Å²) in [7, 11) is 0. The lowest BCUT2D eigenvalue weighted by Gasteiger charge is -2.27. The largest absolute Gasteiger partial charge is 0.313 e. The Kier molecular flexibility index (Phi) is 8.81. The molecule has 1 aliphatic heterocycles. The third-order valence-electron chi connectivity index (χ3n) is 10.9. The van der Waals surface area contributed by atoms with E-state index in [1.165, 1.54) is 44.5 Å². The van der Waals surface area contributed by atoms with E-state index in [0.29, 0.717) is 17.5 Å². The molecule has 0 saturated carbocycles. The number of benzene rings is 6. The van der Waals surface area contributed by atoms with Gasteiger partial charge in [0.15, 0.2) is 17.5 Å². The molecule has 272 valence electrons. The molecular formula is C52H39N5. The maximum atomic E-state index is 4.95. The minimum Gasteiger partial charge on any atom is -0.313 e. The topological polar surface area (TPSA) is 46.8 Å². The van der Waals surface area contributed by atoms with Crippen molar-refractivity contribution in [3.8, 4) is 39.9 Å². The fourth-order valence-corrected chi connectivity index (χ4v) is 8.09. The summed E-state index contributed by atoms with van der Waals surface area (Å²) < 4.78 is 2.44. The molecule has 0 spiro atoms. The van der Waals surface area contributed by atoms with E-state index in [2.05, 4.69) is 143 Å². The fourth-order valence-electron chi connectivity index (χ4n) is 8.09. The molecule has 3 heterocycles. The molecule has 6 aromatic carbocycles. The van der Waals surface area contributed by atoms with Gasteiger partial charge in [0.1, 0.15) is 0 Å².